The number of hydrogen-bond acceptors (Lipinski definition) is 11. The van der Waals surface area contributed by atoms with Gasteiger partial charge in [0.05, 0.1) is 37.0 Å². The molecule has 19 heteroatoms. The van der Waals surface area contributed by atoms with Crippen LogP contribution in [0.2, 0.25) is 0 Å². The molecule has 1 fully saturated rings. The van der Waals surface area contributed by atoms with Gasteiger partial charge in [-0.1, -0.05) is 12.1 Å². The van der Waals surface area contributed by atoms with Crippen LogP contribution in [0.15, 0.2) is 29.3 Å². The molecule has 0 atom stereocenters. The molecule has 0 saturated carbocycles. The van der Waals surface area contributed by atoms with E-state index in [0.29, 0.717) is 51.5 Å². The minimum atomic E-state index is -1.04. The van der Waals surface area contributed by atoms with E-state index in [4.69, 9.17) is 0 Å². The van der Waals surface area contributed by atoms with Crippen molar-refractivity contribution in [3.63, 3.8) is 0 Å². The molecule has 4 N–H and O–H groups in total. The average molecular weight is 1090 g/mol. The van der Waals surface area contributed by atoms with Gasteiger partial charge in [0.15, 0.2) is 0 Å². The number of nitrogens with zero attached hydrogens (tertiary/aromatic N) is 6. The van der Waals surface area contributed by atoms with E-state index in [1.165, 1.54) is 0 Å². The van der Waals surface area contributed by atoms with Crippen molar-refractivity contribution in [1.29, 1.82) is 0 Å². The molecule has 244 valence electrons. The van der Waals surface area contributed by atoms with Gasteiger partial charge in [-0.15, -0.1) is 0 Å². The second-order valence-corrected chi connectivity index (χ2v) is 10.0. The first-order valence-electron chi connectivity index (χ1n) is 13.2. The molecule has 2 rings (SSSR count). The zero-order chi connectivity index (χ0) is 30.2. The first-order chi connectivity index (χ1) is 19.5. The second kappa shape index (κ2) is 29.3. The number of carboxylic acids is 4. The van der Waals surface area contributed by atoms with E-state index in [0.717, 1.165) is 5.56 Å². The van der Waals surface area contributed by atoms with Gasteiger partial charge in [-0.05, 0) is 29.9 Å². The number of carboxylic acid groups (broad SMARTS) is 4. The number of isothiocyanates is 1. The van der Waals surface area contributed by atoms with E-state index in [1.807, 2.05) is 24.3 Å². The maximum atomic E-state index is 11.6. The molecular formula is C26H38N6NaO8STb3+10. The number of aliphatic carboxylic acids is 4. The van der Waals surface area contributed by atoms with E-state index < -0.39 is 23.9 Å². The van der Waals surface area contributed by atoms with Gasteiger partial charge in [0.25, 0.3) is 0 Å². The van der Waals surface area contributed by atoms with E-state index in [-0.39, 0.29) is 198 Å². The monoisotopic (exact) mass is 1090 g/mol. The third-order valence-electron chi connectivity index (χ3n) is 6.62. The van der Waals surface area contributed by atoms with Crippen LogP contribution in [0, 0.1) is 116 Å². The molecule has 0 amide bonds. The summed E-state index contributed by atoms with van der Waals surface area (Å²) < 4.78 is 0. The third-order valence-corrected chi connectivity index (χ3v) is 6.71. The molecule has 0 aromatic heterocycles. The maximum absolute atomic E-state index is 11.6. The molecule has 1 aromatic rings. The number of hydrogen-bond donors (Lipinski definition) is 4. The first-order valence-corrected chi connectivity index (χ1v) is 13.6. The smallest absolute Gasteiger partial charge is 0.480 e. The number of thiocarbonyl (C=S) groups is 1. The van der Waals surface area contributed by atoms with Crippen LogP contribution in [0.5, 0.6) is 0 Å². The molecule has 0 bridgehead atoms. The van der Waals surface area contributed by atoms with E-state index >= 15 is 0 Å². The van der Waals surface area contributed by atoms with Crippen molar-refractivity contribution in [3.05, 3.63) is 29.8 Å². The van der Waals surface area contributed by atoms with Gasteiger partial charge in [0.1, 0.15) is 0 Å². The van der Waals surface area contributed by atoms with Crippen molar-refractivity contribution in [2.75, 3.05) is 91.6 Å². The topological polar surface area (TPSA) is 178 Å². The molecule has 0 radical (unpaired) electrons. The summed E-state index contributed by atoms with van der Waals surface area (Å²) in [7, 11) is 0. The van der Waals surface area contributed by atoms with Crippen molar-refractivity contribution in [1.82, 2.24) is 24.5 Å². The predicted molar refractivity (Wildman–Crippen MR) is 153 cm³/mol. The predicted octanol–water partition coefficient (Wildman–Crippen LogP) is -3.21. The quantitative estimate of drug-likeness (QED) is 0.0990. The Morgan fingerprint density at radius 1 is 0.578 bits per heavy atom. The van der Waals surface area contributed by atoms with Crippen molar-refractivity contribution >= 4 is 46.9 Å². The standard InChI is InChI=1S/C26H38N6O8S.Na.3Tb/c33-23(34)16-29-7-5-28(15-21-1-3-22(4-2-21)27-20-41)6-8-30(17-24(35)36)10-12-32(19-26(39)40)14-13-31(11-9-29)18-25(37)38;;;;/h1-4H,5-19H2,(H,33,34)(H,35,36)(H,37,38)(H,39,40);;;;/q;+1;3*+3. The fourth-order valence-electron chi connectivity index (χ4n) is 4.52. The summed E-state index contributed by atoms with van der Waals surface area (Å²) in [5.41, 5.74) is 1.64. The number of carbonyl (C=O) groups is 4. The van der Waals surface area contributed by atoms with Gasteiger partial charge < -0.3 is 20.4 Å². The Kier molecular flexibility index (Phi) is 33.2. The minimum absolute atomic E-state index is 0. The Balaban J connectivity index is -0.00000441. The summed E-state index contributed by atoms with van der Waals surface area (Å²) in [5, 5.41) is 40.1. The van der Waals surface area contributed by atoms with Gasteiger partial charge in [-0.2, -0.15) is 4.99 Å². The van der Waals surface area contributed by atoms with Crippen LogP contribution in [-0.4, -0.2) is 166 Å². The molecule has 1 aliphatic rings. The van der Waals surface area contributed by atoms with Crippen LogP contribution in [0.3, 0.4) is 0 Å². The van der Waals surface area contributed by atoms with Gasteiger partial charge in [-0.25, -0.2) is 0 Å². The summed E-state index contributed by atoms with van der Waals surface area (Å²) in [5.74, 6) is -4.10. The molecule has 1 aromatic carbocycles. The summed E-state index contributed by atoms with van der Waals surface area (Å²) >= 11 is 4.65. The molecule has 0 aliphatic carbocycles. The van der Waals surface area contributed by atoms with Crippen LogP contribution >= 0.6 is 12.2 Å². The Morgan fingerprint density at radius 2 is 0.844 bits per heavy atom. The fraction of sp³-hybridized carbons (Fsp3) is 0.577. The zero-order valence-electron chi connectivity index (χ0n) is 24.9. The van der Waals surface area contributed by atoms with Crippen LogP contribution in [0.25, 0.3) is 0 Å². The normalized spacial score (nSPS) is 16.4. The third kappa shape index (κ3) is 24.4. The zero-order valence-corrected chi connectivity index (χ0v) is 34.2. The summed E-state index contributed by atoms with van der Waals surface area (Å²) in [6.45, 7) is 2.97. The number of benzene rings is 1. The van der Waals surface area contributed by atoms with Gasteiger partial charge in [0, 0.05) is 72.0 Å². The van der Waals surface area contributed by atoms with E-state index in [1.54, 1.807) is 19.6 Å². The SMILES string of the molecule is O=C(O)CN1CCN(CC(=O)O)CCN(CC(=O)O)CCN(Cc2ccc(N=C=S)cc2)CCN(CC(=O)O)CC1.[Na+].[Tb+3].[Tb+3].[Tb+3]. The van der Waals surface area contributed by atoms with Crippen LogP contribution in [0.4, 0.5) is 5.69 Å². The van der Waals surface area contributed by atoms with Gasteiger partial charge in [0.2, 0.25) is 0 Å². The Labute approximate surface area is 383 Å². The molecule has 0 spiro atoms. The van der Waals surface area contributed by atoms with Crippen molar-refractivity contribution in [2.45, 2.75) is 6.54 Å². The summed E-state index contributed by atoms with van der Waals surface area (Å²) in [4.78, 5) is 59.0. The number of rotatable bonds is 11. The van der Waals surface area contributed by atoms with Gasteiger partial charge in [-0.3, -0.25) is 43.7 Å². The van der Waals surface area contributed by atoms with Crippen molar-refractivity contribution in [3.8, 4) is 0 Å². The maximum Gasteiger partial charge on any atom is 3.00 e. The first kappa shape index (κ1) is 50.9. The Bertz CT molecular complexity index is 1040. The van der Waals surface area contributed by atoms with Crippen LogP contribution in [-0.2, 0) is 25.7 Å². The Morgan fingerprint density at radius 3 is 1.09 bits per heavy atom. The fourth-order valence-corrected chi connectivity index (χ4v) is 4.62. The number of aliphatic imine (C=N–C) groups is 1. The minimum Gasteiger partial charge on any atom is -0.480 e. The molecule has 0 unspecified atom stereocenters. The van der Waals surface area contributed by atoms with Gasteiger partial charge >= 0.3 is 169 Å². The Hall–Kier alpha value is 1.56. The molecule has 1 heterocycles. The van der Waals surface area contributed by atoms with Crippen LogP contribution in [0.1, 0.15) is 5.56 Å². The molecule has 1 aliphatic heterocycles. The second-order valence-electron chi connectivity index (χ2n) is 9.83. The van der Waals surface area contributed by atoms with E-state index in [2.05, 4.69) is 27.3 Å². The molecular weight excluding hydrogens is 1060 g/mol. The van der Waals surface area contributed by atoms with Crippen molar-refractivity contribution < 1.29 is 185 Å². The van der Waals surface area contributed by atoms with Crippen molar-refractivity contribution in [2.24, 2.45) is 4.99 Å². The molecule has 45 heavy (non-hydrogen) atoms. The molecule has 1 saturated heterocycles. The van der Waals surface area contributed by atoms with E-state index in [9.17, 15) is 39.6 Å². The summed E-state index contributed by atoms with van der Waals surface area (Å²) in [6.07, 6.45) is 0. The van der Waals surface area contributed by atoms with Crippen LogP contribution < -0.4 is 29.6 Å². The average Bonchev–Trinajstić information content (AvgIpc) is 2.89. The molecule has 14 nitrogen and oxygen atoms in total. The largest absolute Gasteiger partial charge is 3.00 e. The summed E-state index contributed by atoms with van der Waals surface area (Å²) in [6, 6.07) is 7.42.